The van der Waals surface area contributed by atoms with Crippen LogP contribution in [0.15, 0.2) is 72.8 Å². The Labute approximate surface area is 174 Å². The molecule has 0 radical (unpaired) electrons. The number of nitrogens with one attached hydrogen (secondary N) is 1. The van der Waals surface area contributed by atoms with E-state index in [9.17, 15) is 9.59 Å². The molecule has 3 aromatic carbocycles. The lowest BCUT2D eigenvalue weighted by molar-refractivity contribution is -0.152. The van der Waals surface area contributed by atoms with Crippen LogP contribution in [0.25, 0.3) is 11.1 Å². The molecule has 1 heterocycles. The van der Waals surface area contributed by atoms with E-state index in [4.69, 9.17) is 14.2 Å². The average Bonchev–Trinajstić information content (AvgIpc) is 3.22. The van der Waals surface area contributed by atoms with Crippen molar-refractivity contribution in [2.24, 2.45) is 0 Å². The summed E-state index contributed by atoms with van der Waals surface area (Å²) in [6.07, 6.45) is -0.831. The minimum Gasteiger partial charge on any atom is -0.454 e. The maximum atomic E-state index is 12.3. The lowest BCUT2D eigenvalue weighted by atomic mass is 10.0. The van der Waals surface area contributed by atoms with Crippen molar-refractivity contribution < 1.29 is 23.8 Å². The van der Waals surface area contributed by atoms with Crippen LogP contribution in [0, 0.1) is 0 Å². The normalized spacial score (nSPS) is 12.8. The van der Waals surface area contributed by atoms with Gasteiger partial charge in [0, 0.05) is 11.8 Å². The first-order chi connectivity index (χ1) is 14.6. The van der Waals surface area contributed by atoms with Crippen molar-refractivity contribution in [3.8, 4) is 22.6 Å². The zero-order chi connectivity index (χ0) is 20.9. The predicted molar refractivity (Wildman–Crippen MR) is 112 cm³/mol. The topological polar surface area (TPSA) is 73.9 Å². The van der Waals surface area contributed by atoms with E-state index in [1.807, 2.05) is 54.6 Å². The van der Waals surface area contributed by atoms with Crippen LogP contribution < -0.4 is 14.8 Å². The largest absolute Gasteiger partial charge is 0.454 e. The van der Waals surface area contributed by atoms with Gasteiger partial charge >= 0.3 is 5.97 Å². The number of benzene rings is 3. The molecule has 4 rings (SSSR count). The number of ether oxygens (including phenoxy) is 3. The quantitative estimate of drug-likeness (QED) is 0.625. The van der Waals surface area contributed by atoms with Gasteiger partial charge in [0.25, 0.3) is 5.91 Å². The van der Waals surface area contributed by atoms with Gasteiger partial charge in [0.1, 0.15) is 0 Å². The third kappa shape index (κ3) is 4.60. The maximum absolute atomic E-state index is 12.3. The number of anilines is 1. The smallest absolute Gasteiger partial charge is 0.311 e. The summed E-state index contributed by atoms with van der Waals surface area (Å²) >= 11 is 0. The van der Waals surface area contributed by atoms with Crippen LogP contribution in [-0.2, 0) is 20.7 Å². The molecule has 1 aliphatic rings. The van der Waals surface area contributed by atoms with Gasteiger partial charge in [-0.25, -0.2) is 0 Å². The number of fused-ring (bicyclic) bond motifs is 1. The van der Waals surface area contributed by atoms with Crippen LogP contribution in [0.2, 0.25) is 0 Å². The van der Waals surface area contributed by atoms with Crippen LogP contribution in [0.4, 0.5) is 5.69 Å². The lowest BCUT2D eigenvalue weighted by Gasteiger charge is -2.14. The molecule has 6 nitrogen and oxygen atoms in total. The number of carbonyl (C=O) groups excluding carboxylic acids is 2. The van der Waals surface area contributed by atoms with Crippen LogP contribution in [0.3, 0.4) is 0 Å². The Balaban J connectivity index is 1.30. The molecule has 0 saturated heterocycles. The highest BCUT2D eigenvalue weighted by atomic mass is 16.7. The van der Waals surface area contributed by atoms with Crippen molar-refractivity contribution in [2.75, 3.05) is 12.1 Å². The molecular weight excluding hydrogens is 382 g/mol. The van der Waals surface area contributed by atoms with Gasteiger partial charge in [-0.05, 0) is 35.7 Å². The minimum absolute atomic E-state index is 0.0940. The van der Waals surface area contributed by atoms with Crippen molar-refractivity contribution in [1.82, 2.24) is 0 Å². The monoisotopic (exact) mass is 403 g/mol. The first-order valence-corrected chi connectivity index (χ1v) is 9.63. The molecule has 30 heavy (non-hydrogen) atoms. The summed E-state index contributed by atoms with van der Waals surface area (Å²) in [5.41, 5.74) is 3.55. The van der Waals surface area contributed by atoms with Gasteiger partial charge in [-0.2, -0.15) is 0 Å². The first-order valence-electron chi connectivity index (χ1n) is 9.63. The van der Waals surface area contributed by atoms with E-state index in [0.29, 0.717) is 17.2 Å². The second-order valence-electron chi connectivity index (χ2n) is 6.93. The van der Waals surface area contributed by atoms with E-state index in [-0.39, 0.29) is 13.2 Å². The number of hydrogen-bond donors (Lipinski definition) is 1. The number of amides is 1. The van der Waals surface area contributed by atoms with Crippen LogP contribution in [0.1, 0.15) is 12.5 Å². The minimum atomic E-state index is -0.925. The Morgan fingerprint density at radius 3 is 2.40 bits per heavy atom. The van der Waals surface area contributed by atoms with E-state index in [0.717, 1.165) is 16.7 Å². The third-order valence-electron chi connectivity index (χ3n) is 4.73. The second kappa shape index (κ2) is 8.69. The summed E-state index contributed by atoms with van der Waals surface area (Å²) < 4.78 is 15.8. The molecule has 1 atom stereocenters. The SMILES string of the molecule is C[C@H](OC(=O)Cc1ccc(-c2ccccc2)cc1)C(=O)Nc1ccc2c(c1)OCO2. The molecule has 0 fully saturated rings. The molecular formula is C24H21NO5. The fraction of sp³-hybridized carbons (Fsp3) is 0.167. The highest BCUT2D eigenvalue weighted by Crippen LogP contribution is 2.34. The molecule has 0 bridgehead atoms. The zero-order valence-corrected chi connectivity index (χ0v) is 16.5. The number of rotatable bonds is 6. The van der Waals surface area contributed by atoms with Crippen molar-refractivity contribution in [3.05, 3.63) is 78.4 Å². The average molecular weight is 403 g/mol. The van der Waals surface area contributed by atoms with Gasteiger partial charge in [-0.15, -0.1) is 0 Å². The van der Waals surface area contributed by atoms with Crippen molar-refractivity contribution in [1.29, 1.82) is 0 Å². The molecule has 0 saturated carbocycles. The molecule has 3 aromatic rings. The Hall–Kier alpha value is -3.80. The Bertz CT molecular complexity index is 1050. The van der Waals surface area contributed by atoms with Crippen LogP contribution in [-0.4, -0.2) is 24.8 Å². The standard InChI is InChI=1S/C24H21NO5/c1-16(24(27)25-20-11-12-21-22(14-20)29-15-28-21)30-23(26)13-17-7-9-19(10-8-17)18-5-3-2-4-6-18/h2-12,14,16H,13,15H2,1H3,(H,25,27)/t16-/m0/s1. The molecule has 1 amide bonds. The van der Waals surface area contributed by atoms with E-state index >= 15 is 0 Å². The second-order valence-corrected chi connectivity index (χ2v) is 6.93. The van der Waals surface area contributed by atoms with E-state index in [2.05, 4.69) is 5.32 Å². The van der Waals surface area contributed by atoms with Gasteiger partial charge < -0.3 is 19.5 Å². The fourth-order valence-electron chi connectivity index (χ4n) is 3.12. The zero-order valence-electron chi connectivity index (χ0n) is 16.5. The number of esters is 1. The van der Waals surface area contributed by atoms with Gasteiger partial charge in [0.05, 0.1) is 6.42 Å². The van der Waals surface area contributed by atoms with Gasteiger partial charge in [-0.3, -0.25) is 9.59 Å². The molecule has 0 aliphatic carbocycles. The Morgan fingerprint density at radius 2 is 1.63 bits per heavy atom. The van der Waals surface area contributed by atoms with E-state index < -0.39 is 18.0 Å². The summed E-state index contributed by atoms with van der Waals surface area (Å²) in [5.74, 6) is 0.319. The lowest BCUT2D eigenvalue weighted by Crippen LogP contribution is -2.30. The van der Waals surface area contributed by atoms with Crippen molar-refractivity contribution >= 4 is 17.6 Å². The van der Waals surface area contributed by atoms with Crippen molar-refractivity contribution in [3.63, 3.8) is 0 Å². The molecule has 0 spiro atoms. The highest BCUT2D eigenvalue weighted by Gasteiger charge is 2.20. The summed E-state index contributed by atoms with van der Waals surface area (Å²) in [4.78, 5) is 24.6. The first kappa shape index (κ1) is 19.5. The Kier molecular flexibility index (Phi) is 5.66. The van der Waals surface area contributed by atoms with E-state index in [1.165, 1.54) is 0 Å². The molecule has 6 heteroatoms. The summed E-state index contributed by atoms with van der Waals surface area (Å²) in [7, 11) is 0. The van der Waals surface area contributed by atoms with Crippen molar-refractivity contribution in [2.45, 2.75) is 19.4 Å². The van der Waals surface area contributed by atoms with Gasteiger partial charge in [0.2, 0.25) is 6.79 Å². The molecule has 152 valence electrons. The third-order valence-corrected chi connectivity index (χ3v) is 4.73. The molecule has 1 aliphatic heterocycles. The van der Waals surface area contributed by atoms with Gasteiger partial charge in [0.15, 0.2) is 17.6 Å². The van der Waals surface area contributed by atoms with Crippen LogP contribution >= 0.6 is 0 Å². The summed E-state index contributed by atoms with van der Waals surface area (Å²) in [6, 6.07) is 22.8. The maximum Gasteiger partial charge on any atom is 0.311 e. The number of carbonyl (C=O) groups is 2. The highest BCUT2D eigenvalue weighted by molar-refractivity contribution is 5.95. The van der Waals surface area contributed by atoms with Crippen LogP contribution in [0.5, 0.6) is 11.5 Å². The fourth-order valence-corrected chi connectivity index (χ4v) is 3.12. The molecule has 1 N–H and O–H groups in total. The predicted octanol–water partition coefficient (Wildman–Crippen LogP) is 4.20. The van der Waals surface area contributed by atoms with Gasteiger partial charge in [-0.1, -0.05) is 54.6 Å². The van der Waals surface area contributed by atoms with E-state index in [1.54, 1.807) is 25.1 Å². The summed E-state index contributed by atoms with van der Waals surface area (Å²) in [6.45, 7) is 1.70. The molecule has 0 unspecified atom stereocenters. The number of hydrogen-bond acceptors (Lipinski definition) is 5. The summed E-state index contributed by atoms with van der Waals surface area (Å²) in [5, 5.41) is 2.71. The Morgan fingerprint density at radius 1 is 0.933 bits per heavy atom. The molecule has 0 aromatic heterocycles.